The Balaban J connectivity index is 2.14. The van der Waals surface area contributed by atoms with Gasteiger partial charge in [-0.1, -0.05) is 11.6 Å². The van der Waals surface area contributed by atoms with Crippen LogP contribution in [0.25, 0.3) is 0 Å². The molecule has 0 aliphatic rings. The first-order valence-corrected chi connectivity index (χ1v) is 5.23. The maximum absolute atomic E-state index is 11.6. The summed E-state index contributed by atoms with van der Waals surface area (Å²) in [5.41, 5.74) is -0.265. The summed E-state index contributed by atoms with van der Waals surface area (Å²) in [7, 11) is 1.92. The van der Waals surface area contributed by atoms with Crippen molar-refractivity contribution in [1.29, 1.82) is 0 Å². The Morgan fingerprint density at radius 2 is 2.06 bits per heavy atom. The second kappa shape index (κ2) is 4.49. The number of halogens is 1. The van der Waals surface area contributed by atoms with Gasteiger partial charge in [0.2, 0.25) is 0 Å². The fourth-order valence-corrected chi connectivity index (χ4v) is 1.62. The van der Waals surface area contributed by atoms with Gasteiger partial charge in [0.1, 0.15) is 5.82 Å². The van der Waals surface area contributed by atoms with Crippen molar-refractivity contribution in [2.24, 2.45) is 7.05 Å². The molecule has 2 aromatic rings. The van der Waals surface area contributed by atoms with Crippen LogP contribution in [-0.4, -0.2) is 19.1 Å². The molecule has 6 heteroatoms. The van der Waals surface area contributed by atoms with Crippen molar-refractivity contribution in [3.05, 3.63) is 46.1 Å². The van der Waals surface area contributed by atoms with Crippen molar-refractivity contribution < 1.29 is 0 Å². The lowest BCUT2D eigenvalue weighted by Crippen LogP contribution is -2.22. The maximum Gasteiger partial charge on any atom is 0.288 e. The first kappa shape index (κ1) is 10.9. The normalized spacial score (nSPS) is 10.6. The highest BCUT2D eigenvalue weighted by molar-refractivity contribution is 6.29. The van der Waals surface area contributed by atoms with Crippen molar-refractivity contribution in [3.8, 4) is 0 Å². The molecule has 0 aromatic carbocycles. The first-order valence-electron chi connectivity index (χ1n) is 4.85. The first-order chi connectivity index (χ1) is 7.68. The summed E-state index contributed by atoms with van der Waals surface area (Å²) in [5, 5.41) is 0.00217. The Morgan fingerprint density at radius 1 is 1.31 bits per heavy atom. The van der Waals surface area contributed by atoms with E-state index in [0.29, 0.717) is 13.0 Å². The van der Waals surface area contributed by atoms with E-state index in [2.05, 4.69) is 9.97 Å². The van der Waals surface area contributed by atoms with Crippen LogP contribution in [0.15, 0.2) is 29.6 Å². The van der Waals surface area contributed by atoms with Crippen molar-refractivity contribution in [1.82, 2.24) is 19.1 Å². The summed E-state index contributed by atoms with van der Waals surface area (Å²) in [6, 6.07) is 0. The number of aryl methyl sites for hydroxylation is 3. The zero-order valence-corrected chi connectivity index (χ0v) is 9.55. The lowest BCUT2D eigenvalue weighted by Gasteiger charge is -2.05. The van der Waals surface area contributed by atoms with Crippen LogP contribution < -0.4 is 5.56 Å². The van der Waals surface area contributed by atoms with Crippen LogP contribution in [0.1, 0.15) is 5.82 Å². The molecule has 0 aliphatic heterocycles. The highest BCUT2D eigenvalue weighted by Crippen LogP contribution is 1.98. The Labute approximate surface area is 97.3 Å². The summed E-state index contributed by atoms with van der Waals surface area (Å²) in [4.78, 5) is 19.4. The zero-order valence-electron chi connectivity index (χ0n) is 8.80. The molecule has 0 amide bonds. The quantitative estimate of drug-likeness (QED) is 0.798. The van der Waals surface area contributed by atoms with Gasteiger partial charge in [-0.25, -0.2) is 9.97 Å². The lowest BCUT2D eigenvalue weighted by atomic mass is 10.4. The highest BCUT2D eigenvalue weighted by atomic mass is 35.5. The molecule has 2 heterocycles. The van der Waals surface area contributed by atoms with E-state index in [1.807, 2.05) is 17.8 Å². The topological polar surface area (TPSA) is 52.7 Å². The minimum atomic E-state index is -0.265. The van der Waals surface area contributed by atoms with Gasteiger partial charge in [-0.05, 0) is 0 Å². The van der Waals surface area contributed by atoms with Crippen LogP contribution in [-0.2, 0) is 20.0 Å². The molecule has 0 unspecified atom stereocenters. The van der Waals surface area contributed by atoms with Crippen LogP contribution >= 0.6 is 11.6 Å². The summed E-state index contributed by atoms with van der Waals surface area (Å²) in [6.45, 7) is 0.548. The average molecular weight is 239 g/mol. The fourth-order valence-electron chi connectivity index (χ4n) is 1.45. The van der Waals surface area contributed by atoms with Gasteiger partial charge in [0, 0.05) is 44.8 Å². The third-order valence-electron chi connectivity index (χ3n) is 2.37. The van der Waals surface area contributed by atoms with Gasteiger partial charge in [-0.2, -0.15) is 0 Å². The van der Waals surface area contributed by atoms with Gasteiger partial charge >= 0.3 is 0 Å². The molecule has 5 nitrogen and oxygen atoms in total. The van der Waals surface area contributed by atoms with Crippen LogP contribution in [0.5, 0.6) is 0 Å². The molecule has 2 aromatic heterocycles. The number of imidazole rings is 1. The van der Waals surface area contributed by atoms with Crippen molar-refractivity contribution in [2.45, 2.75) is 13.0 Å². The van der Waals surface area contributed by atoms with Crippen LogP contribution in [0, 0.1) is 0 Å². The van der Waals surface area contributed by atoms with Gasteiger partial charge in [0.15, 0.2) is 5.15 Å². The standard InChI is InChI=1S/C10H11ClN4O/c1-14-6-3-12-8(14)2-5-15-7-4-13-9(11)10(15)16/h3-4,6-7H,2,5H2,1H3. The van der Waals surface area contributed by atoms with Crippen molar-refractivity contribution >= 4 is 11.6 Å². The largest absolute Gasteiger partial charge is 0.338 e. The second-order valence-corrected chi connectivity index (χ2v) is 3.78. The lowest BCUT2D eigenvalue weighted by molar-refractivity contribution is 0.627. The van der Waals surface area contributed by atoms with E-state index in [0.717, 1.165) is 5.82 Å². The predicted molar refractivity (Wildman–Crippen MR) is 60.4 cm³/mol. The van der Waals surface area contributed by atoms with E-state index >= 15 is 0 Å². The molecule has 0 atom stereocenters. The third kappa shape index (κ3) is 2.14. The molecule has 0 fully saturated rings. The summed E-state index contributed by atoms with van der Waals surface area (Å²) in [5.74, 6) is 0.930. The Hall–Kier alpha value is -1.62. The molecule has 0 spiro atoms. The zero-order chi connectivity index (χ0) is 11.5. The van der Waals surface area contributed by atoms with Gasteiger partial charge in [0.05, 0.1) is 0 Å². The van der Waals surface area contributed by atoms with Crippen LogP contribution in [0.2, 0.25) is 5.15 Å². The van der Waals surface area contributed by atoms with E-state index in [9.17, 15) is 4.79 Å². The fraction of sp³-hybridized carbons (Fsp3) is 0.300. The minimum Gasteiger partial charge on any atom is -0.338 e. The van der Waals surface area contributed by atoms with Gasteiger partial charge in [-0.3, -0.25) is 4.79 Å². The highest BCUT2D eigenvalue weighted by Gasteiger charge is 2.03. The monoisotopic (exact) mass is 238 g/mol. The summed E-state index contributed by atoms with van der Waals surface area (Å²) < 4.78 is 3.46. The minimum absolute atomic E-state index is 0.00217. The van der Waals surface area contributed by atoms with Crippen molar-refractivity contribution in [2.75, 3.05) is 0 Å². The number of rotatable bonds is 3. The molecular weight excluding hydrogens is 228 g/mol. The smallest absolute Gasteiger partial charge is 0.288 e. The van der Waals surface area contributed by atoms with E-state index in [1.54, 1.807) is 12.4 Å². The SMILES string of the molecule is Cn1ccnc1CCn1ccnc(Cl)c1=O. The van der Waals surface area contributed by atoms with E-state index < -0.39 is 0 Å². The van der Waals surface area contributed by atoms with Crippen LogP contribution in [0.4, 0.5) is 0 Å². The molecule has 0 bridgehead atoms. The van der Waals surface area contributed by atoms with Gasteiger partial charge < -0.3 is 9.13 Å². The maximum atomic E-state index is 11.6. The number of hydrogen-bond donors (Lipinski definition) is 0. The van der Waals surface area contributed by atoms with Crippen molar-refractivity contribution in [3.63, 3.8) is 0 Å². The Bertz CT molecular complexity index is 546. The molecular formula is C10H11ClN4O. The number of hydrogen-bond acceptors (Lipinski definition) is 3. The molecule has 0 N–H and O–H groups in total. The van der Waals surface area contributed by atoms with Gasteiger partial charge in [-0.15, -0.1) is 0 Å². The molecule has 84 valence electrons. The molecule has 16 heavy (non-hydrogen) atoms. The van der Waals surface area contributed by atoms with E-state index in [-0.39, 0.29) is 10.7 Å². The molecule has 0 saturated heterocycles. The third-order valence-corrected chi connectivity index (χ3v) is 2.63. The van der Waals surface area contributed by atoms with E-state index in [4.69, 9.17) is 11.6 Å². The molecule has 0 aliphatic carbocycles. The number of aromatic nitrogens is 4. The van der Waals surface area contributed by atoms with E-state index in [1.165, 1.54) is 10.8 Å². The number of nitrogens with zero attached hydrogens (tertiary/aromatic N) is 4. The molecule has 0 saturated carbocycles. The Kier molecular flexibility index (Phi) is 3.05. The molecule has 0 radical (unpaired) electrons. The Morgan fingerprint density at radius 3 is 2.75 bits per heavy atom. The predicted octanol–water partition coefficient (Wildman–Crippen LogP) is 0.873. The summed E-state index contributed by atoms with van der Waals surface area (Å²) >= 11 is 5.64. The second-order valence-electron chi connectivity index (χ2n) is 3.42. The van der Waals surface area contributed by atoms with Crippen LogP contribution in [0.3, 0.4) is 0 Å². The molecule has 2 rings (SSSR count). The van der Waals surface area contributed by atoms with Gasteiger partial charge in [0.25, 0.3) is 5.56 Å². The summed E-state index contributed by atoms with van der Waals surface area (Å²) in [6.07, 6.45) is 7.43. The average Bonchev–Trinajstić information content (AvgIpc) is 2.67.